The predicted molar refractivity (Wildman–Crippen MR) is 67.6 cm³/mol. The number of benzene rings is 1. The first-order chi connectivity index (χ1) is 6.69. The molecule has 0 aromatic heterocycles. The Kier molecular flexibility index (Phi) is 5.14. The molecule has 1 aromatic rings. The van der Waals surface area contributed by atoms with E-state index in [1.54, 1.807) is 11.8 Å². The molecule has 3 heteroatoms. The van der Waals surface area contributed by atoms with Crippen molar-refractivity contribution in [2.75, 3.05) is 6.26 Å². The van der Waals surface area contributed by atoms with Crippen molar-refractivity contribution in [1.29, 1.82) is 0 Å². The number of halogens is 2. The van der Waals surface area contributed by atoms with Gasteiger partial charge in [0, 0.05) is 15.6 Å². The fraction of sp³-hybridized carbons (Fsp3) is 0.455. The van der Waals surface area contributed by atoms with Crippen LogP contribution in [0.4, 0.5) is 0 Å². The van der Waals surface area contributed by atoms with Gasteiger partial charge in [-0.25, -0.2) is 0 Å². The summed E-state index contributed by atoms with van der Waals surface area (Å²) in [6.07, 6.45) is 3.07. The number of rotatable bonds is 4. The van der Waals surface area contributed by atoms with Gasteiger partial charge in [-0.2, -0.15) is 11.8 Å². The van der Waals surface area contributed by atoms with Gasteiger partial charge in [-0.1, -0.05) is 30.7 Å². The number of thioether (sulfide) groups is 1. The molecule has 0 amide bonds. The van der Waals surface area contributed by atoms with Crippen molar-refractivity contribution in [3.63, 3.8) is 0 Å². The molecule has 0 aliphatic rings. The molecule has 0 radical (unpaired) electrons. The van der Waals surface area contributed by atoms with Crippen LogP contribution < -0.4 is 0 Å². The molecule has 0 fully saturated rings. The molecule has 0 spiro atoms. The van der Waals surface area contributed by atoms with E-state index in [9.17, 15) is 0 Å². The second-order valence-electron chi connectivity index (χ2n) is 3.13. The van der Waals surface area contributed by atoms with Gasteiger partial charge in [0.25, 0.3) is 0 Å². The zero-order valence-corrected chi connectivity index (χ0v) is 10.7. The number of hydrogen-bond acceptors (Lipinski definition) is 1. The fourth-order valence-electron chi connectivity index (χ4n) is 1.36. The minimum atomic E-state index is 0.186. The first kappa shape index (κ1) is 12.2. The molecule has 14 heavy (non-hydrogen) atoms. The third-order valence-corrected chi connectivity index (χ3v) is 4.24. The molecule has 0 heterocycles. The molecule has 0 nitrogen and oxygen atoms in total. The van der Waals surface area contributed by atoms with Crippen LogP contribution in [0.3, 0.4) is 0 Å². The van der Waals surface area contributed by atoms with E-state index in [2.05, 4.69) is 25.3 Å². The summed E-state index contributed by atoms with van der Waals surface area (Å²) in [5.41, 5.74) is 1.25. The molecule has 2 unspecified atom stereocenters. The van der Waals surface area contributed by atoms with E-state index in [1.807, 2.05) is 12.1 Å². The first-order valence-corrected chi connectivity index (χ1v) is 6.71. The summed E-state index contributed by atoms with van der Waals surface area (Å²) in [4.78, 5) is 0. The number of alkyl halides is 1. The monoisotopic (exact) mass is 248 g/mol. The summed E-state index contributed by atoms with van der Waals surface area (Å²) in [6, 6.07) is 7.93. The van der Waals surface area contributed by atoms with E-state index in [4.69, 9.17) is 23.2 Å². The van der Waals surface area contributed by atoms with Crippen LogP contribution in [0.1, 0.15) is 24.2 Å². The lowest BCUT2D eigenvalue weighted by molar-refractivity contribution is 0.790. The van der Waals surface area contributed by atoms with Crippen molar-refractivity contribution in [3.8, 4) is 0 Å². The minimum absolute atomic E-state index is 0.186. The lowest BCUT2D eigenvalue weighted by atomic mass is 10.1. The van der Waals surface area contributed by atoms with E-state index in [-0.39, 0.29) is 5.38 Å². The van der Waals surface area contributed by atoms with Crippen molar-refractivity contribution in [2.45, 2.75) is 24.0 Å². The molecular formula is C11H14Cl2S. The Labute approximate surface area is 100.0 Å². The molecule has 0 saturated heterocycles. The van der Waals surface area contributed by atoms with Crippen LogP contribution >= 0.6 is 35.0 Å². The zero-order chi connectivity index (χ0) is 10.6. The standard InChI is InChI=1S/C11H14Cl2S/c1-3-10(13)11(14-2)8-4-6-9(12)7-5-8/h4-7,10-11H,3H2,1-2H3. The largest absolute Gasteiger partial charge is 0.156 e. The van der Waals surface area contributed by atoms with Gasteiger partial charge in [-0.3, -0.25) is 0 Å². The smallest absolute Gasteiger partial charge is 0.0492 e. The average molecular weight is 249 g/mol. The Bertz CT molecular complexity index is 271. The summed E-state index contributed by atoms with van der Waals surface area (Å²) < 4.78 is 0. The lowest BCUT2D eigenvalue weighted by Crippen LogP contribution is -2.07. The molecule has 0 aliphatic heterocycles. The van der Waals surface area contributed by atoms with E-state index in [0.717, 1.165) is 11.4 Å². The Morgan fingerprint density at radius 1 is 1.29 bits per heavy atom. The molecule has 0 saturated carbocycles. The van der Waals surface area contributed by atoms with Gasteiger partial charge < -0.3 is 0 Å². The molecule has 0 aliphatic carbocycles. The van der Waals surface area contributed by atoms with Crippen LogP contribution in [-0.2, 0) is 0 Å². The third-order valence-electron chi connectivity index (χ3n) is 2.17. The van der Waals surface area contributed by atoms with Gasteiger partial charge >= 0.3 is 0 Å². The Morgan fingerprint density at radius 2 is 1.86 bits per heavy atom. The summed E-state index contributed by atoms with van der Waals surface area (Å²) in [7, 11) is 0. The van der Waals surface area contributed by atoms with Crippen molar-refractivity contribution in [3.05, 3.63) is 34.9 Å². The van der Waals surface area contributed by atoms with E-state index in [1.165, 1.54) is 5.56 Å². The van der Waals surface area contributed by atoms with Crippen molar-refractivity contribution < 1.29 is 0 Å². The van der Waals surface area contributed by atoms with Crippen molar-refractivity contribution in [2.24, 2.45) is 0 Å². The van der Waals surface area contributed by atoms with E-state index in [0.29, 0.717) is 5.25 Å². The Hall–Kier alpha value is 0.150. The van der Waals surface area contributed by atoms with Crippen LogP contribution in [-0.4, -0.2) is 11.6 Å². The highest BCUT2D eigenvalue weighted by atomic mass is 35.5. The fourth-order valence-corrected chi connectivity index (χ4v) is 2.86. The minimum Gasteiger partial charge on any atom is -0.156 e. The van der Waals surface area contributed by atoms with Crippen LogP contribution in [0.5, 0.6) is 0 Å². The molecule has 1 aromatic carbocycles. The summed E-state index contributed by atoms with van der Waals surface area (Å²) in [5, 5.41) is 1.32. The van der Waals surface area contributed by atoms with E-state index >= 15 is 0 Å². The summed E-state index contributed by atoms with van der Waals surface area (Å²) >= 11 is 13.9. The van der Waals surface area contributed by atoms with E-state index < -0.39 is 0 Å². The predicted octanol–water partition coefficient (Wildman–Crippen LogP) is 4.76. The highest BCUT2D eigenvalue weighted by molar-refractivity contribution is 7.98. The Morgan fingerprint density at radius 3 is 2.29 bits per heavy atom. The van der Waals surface area contributed by atoms with Crippen molar-refractivity contribution in [1.82, 2.24) is 0 Å². The maximum absolute atomic E-state index is 6.25. The molecule has 0 bridgehead atoms. The summed E-state index contributed by atoms with van der Waals surface area (Å²) in [6.45, 7) is 2.11. The topological polar surface area (TPSA) is 0 Å². The van der Waals surface area contributed by atoms with Gasteiger partial charge in [0.1, 0.15) is 0 Å². The maximum atomic E-state index is 6.25. The van der Waals surface area contributed by atoms with Crippen LogP contribution in [0, 0.1) is 0 Å². The average Bonchev–Trinajstić information content (AvgIpc) is 2.21. The van der Waals surface area contributed by atoms with Crippen LogP contribution in [0.15, 0.2) is 24.3 Å². The Balaban J connectivity index is 2.84. The van der Waals surface area contributed by atoms with Gasteiger partial charge in [-0.15, -0.1) is 11.6 Å². The summed E-state index contributed by atoms with van der Waals surface area (Å²) in [5.74, 6) is 0. The zero-order valence-electron chi connectivity index (χ0n) is 8.34. The second-order valence-corrected chi connectivity index (χ2v) is 5.11. The quantitative estimate of drug-likeness (QED) is 0.693. The molecule has 78 valence electrons. The third kappa shape index (κ3) is 3.08. The second kappa shape index (κ2) is 5.89. The molecule has 2 atom stereocenters. The normalized spacial score (nSPS) is 15.1. The molecular weight excluding hydrogens is 235 g/mol. The van der Waals surface area contributed by atoms with Gasteiger partial charge in [0.05, 0.1) is 0 Å². The SMILES string of the molecule is CCC(Cl)C(SC)c1ccc(Cl)cc1. The van der Waals surface area contributed by atoms with Crippen LogP contribution in [0.2, 0.25) is 5.02 Å². The highest BCUT2D eigenvalue weighted by Gasteiger charge is 2.18. The maximum Gasteiger partial charge on any atom is 0.0492 e. The highest BCUT2D eigenvalue weighted by Crippen LogP contribution is 2.35. The molecule has 0 N–H and O–H groups in total. The van der Waals surface area contributed by atoms with Gasteiger partial charge in [0.15, 0.2) is 0 Å². The van der Waals surface area contributed by atoms with Crippen molar-refractivity contribution >= 4 is 35.0 Å². The van der Waals surface area contributed by atoms with Crippen LogP contribution in [0.25, 0.3) is 0 Å². The molecule has 1 rings (SSSR count). The first-order valence-electron chi connectivity index (χ1n) is 4.61. The number of hydrogen-bond donors (Lipinski definition) is 0. The van der Waals surface area contributed by atoms with Gasteiger partial charge in [-0.05, 0) is 30.4 Å². The van der Waals surface area contributed by atoms with Gasteiger partial charge in [0.2, 0.25) is 0 Å². The lowest BCUT2D eigenvalue weighted by Gasteiger charge is -2.19.